The Morgan fingerprint density at radius 3 is 2.65 bits per heavy atom. The maximum absolute atomic E-state index is 12.4. The van der Waals surface area contributed by atoms with Gasteiger partial charge in [-0.3, -0.25) is 9.48 Å². The van der Waals surface area contributed by atoms with Gasteiger partial charge >= 0.3 is 0 Å². The van der Waals surface area contributed by atoms with Crippen molar-refractivity contribution in [3.05, 3.63) is 51.8 Å². The second-order valence-electron chi connectivity index (χ2n) is 4.86. The fraction of sp³-hybridized carbons (Fsp3) is 0.375. The van der Waals surface area contributed by atoms with E-state index in [0.717, 1.165) is 35.5 Å². The van der Waals surface area contributed by atoms with Crippen molar-refractivity contribution in [2.75, 3.05) is 0 Å². The smallest absolute Gasteiger partial charge is 0.169 e. The van der Waals surface area contributed by atoms with Crippen LogP contribution in [0.25, 0.3) is 0 Å². The van der Waals surface area contributed by atoms with Crippen LogP contribution in [0.15, 0.2) is 24.3 Å². The van der Waals surface area contributed by atoms with Gasteiger partial charge in [-0.2, -0.15) is 5.10 Å². The van der Waals surface area contributed by atoms with E-state index in [0.29, 0.717) is 11.4 Å². The summed E-state index contributed by atoms with van der Waals surface area (Å²) in [4.78, 5) is 12.4. The molecular formula is C16H19ClN2O. The Morgan fingerprint density at radius 2 is 2.05 bits per heavy atom. The normalized spacial score (nSPS) is 10.8. The molecule has 0 fully saturated rings. The van der Waals surface area contributed by atoms with Gasteiger partial charge < -0.3 is 0 Å². The highest BCUT2D eigenvalue weighted by Gasteiger charge is 2.14. The number of rotatable bonds is 5. The standard InChI is InChI=1S/C16H19ClN2O/c1-4-13-9-14(19(5-2)18-13)10-16(20)15-7-6-12(17)8-11(15)3/h6-9H,4-5,10H2,1-3H3. The van der Waals surface area contributed by atoms with Crippen molar-refractivity contribution >= 4 is 17.4 Å². The molecule has 0 atom stereocenters. The number of aryl methyl sites for hydroxylation is 3. The van der Waals surface area contributed by atoms with Crippen LogP contribution in [-0.4, -0.2) is 15.6 Å². The summed E-state index contributed by atoms with van der Waals surface area (Å²) in [5, 5.41) is 5.13. The first-order valence-electron chi connectivity index (χ1n) is 6.90. The minimum Gasteiger partial charge on any atom is -0.294 e. The lowest BCUT2D eigenvalue weighted by Gasteiger charge is -2.07. The zero-order valence-electron chi connectivity index (χ0n) is 12.1. The third-order valence-corrected chi connectivity index (χ3v) is 3.64. The van der Waals surface area contributed by atoms with Crippen LogP contribution in [0.1, 0.15) is 41.2 Å². The average Bonchev–Trinajstić information content (AvgIpc) is 2.80. The molecule has 0 unspecified atom stereocenters. The molecule has 106 valence electrons. The molecule has 1 heterocycles. The second kappa shape index (κ2) is 6.23. The summed E-state index contributed by atoms with van der Waals surface area (Å²) in [7, 11) is 0. The van der Waals surface area contributed by atoms with Gasteiger partial charge in [0.2, 0.25) is 0 Å². The van der Waals surface area contributed by atoms with Crippen molar-refractivity contribution in [1.82, 2.24) is 9.78 Å². The average molecular weight is 291 g/mol. The minimum atomic E-state index is 0.108. The second-order valence-corrected chi connectivity index (χ2v) is 5.29. The fourth-order valence-corrected chi connectivity index (χ4v) is 2.53. The molecule has 3 nitrogen and oxygen atoms in total. The number of nitrogens with zero attached hydrogens (tertiary/aromatic N) is 2. The topological polar surface area (TPSA) is 34.9 Å². The molecule has 0 bridgehead atoms. The van der Waals surface area contributed by atoms with Crippen molar-refractivity contribution in [3.63, 3.8) is 0 Å². The first-order chi connectivity index (χ1) is 9.55. The fourth-order valence-electron chi connectivity index (χ4n) is 2.30. The van der Waals surface area contributed by atoms with Gasteiger partial charge in [-0.1, -0.05) is 18.5 Å². The first kappa shape index (κ1) is 14.8. The zero-order chi connectivity index (χ0) is 14.7. The van der Waals surface area contributed by atoms with Crippen LogP contribution >= 0.6 is 11.6 Å². The molecule has 0 spiro atoms. The molecule has 0 saturated carbocycles. The number of hydrogen-bond donors (Lipinski definition) is 0. The highest BCUT2D eigenvalue weighted by Crippen LogP contribution is 2.18. The number of carbonyl (C=O) groups is 1. The molecular weight excluding hydrogens is 272 g/mol. The zero-order valence-corrected chi connectivity index (χ0v) is 12.9. The predicted octanol–water partition coefficient (Wildman–Crippen LogP) is 3.85. The van der Waals surface area contributed by atoms with Crippen molar-refractivity contribution in [1.29, 1.82) is 0 Å². The van der Waals surface area contributed by atoms with Gasteiger partial charge in [-0.15, -0.1) is 0 Å². The highest BCUT2D eigenvalue weighted by atomic mass is 35.5. The van der Waals surface area contributed by atoms with E-state index in [1.807, 2.05) is 30.7 Å². The molecule has 1 aromatic carbocycles. The third kappa shape index (κ3) is 3.10. The monoisotopic (exact) mass is 290 g/mol. The van der Waals surface area contributed by atoms with E-state index in [2.05, 4.69) is 12.0 Å². The summed E-state index contributed by atoms with van der Waals surface area (Å²) in [5.41, 5.74) is 3.66. The summed E-state index contributed by atoms with van der Waals surface area (Å²) >= 11 is 5.93. The number of hydrogen-bond acceptors (Lipinski definition) is 2. The maximum Gasteiger partial charge on any atom is 0.169 e. The lowest BCUT2D eigenvalue weighted by molar-refractivity contribution is 0.0990. The summed E-state index contributed by atoms with van der Waals surface area (Å²) in [6.07, 6.45) is 1.26. The van der Waals surface area contributed by atoms with Crippen molar-refractivity contribution in [2.24, 2.45) is 0 Å². The summed E-state index contributed by atoms with van der Waals surface area (Å²) in [5.74, 6) is 0.108. The Morgan fingerprint density at radius 1 is 1.30 bits per heavy atom. The van der Waals surface area contributed by atoms with Gasteiger partial charge in [0.25, 0.3) is 0 Å². The maximum atomic E-state index is 12.4. The van der Waals surface area contributed by atoms with Crippen LogP contribution in [0.3, 0.4) is 0 Å². The van der Waals surface area contributed by atoms with Crippen molar-refractivity contribution < 1.29 is 4.79 Å². The lowest BCUT2D eigenvalue weighted by Crippen LogP contribution is -2.10. The summed E-state index contributed by atoms with van der Waals surface area (Å²) in [6.45, 7) is 6.79. The molecule has 4 heteroatoms. The predicted molar refractivity (Wildman–Crippen MR) is 81.5 cm³/mol. The van der Waals surface area contributed by atoms with Crippen LogP contribution in [0.5, 0.6) is 0 Å². The summed E-state index contributed by atoms with van der Waals surface area (Å²) < 4.78 is 1.90. The van der Waals surface area contributed by atoms with Crippen molar-refractivity contribution in [3.8, 4) is 0 Å². The first-order valence-corrected chi connectivity index (χ1v) is 7.27. The van der Waals surface area contributed by atoms with E-state index in [1.165, 1.54) is 0 Å². The lowest BCUT2D eigenvalue weighted by atomic mass is 10.0. The molecule has 0 amide bonds. The van der Waals surface area contributed by atoms with Crippen molar-refractivity contribution in [2.45, 2.75) is 40.2 Å². The van der Waals surface area contributed by atoms with E-state index in [1.54, 1.807) is 12.1 Å². The Bertz CT molecular complexity index is 631. The molecule has 0 aliphatic heterocycles. The molecule has 0 aliphatic rings. The summed E-state index contributed by atoms with van der Waals surface area (Å²) in [6, 6.07) is 7.40. The Hall–Kier alpha value is -1.61. The number of carbonyl (C=O) groups excluding carboxylic acids is 1. The molecule has 2 rings (SSSR count). The Kier molecular flexibility index (Phi) is 4.61. The van der Waals surface area contributed by atoms with Gasteiger partial charge in [0.05, 0.1) is 12.1 Å². The van der Waals surface area contributed by atoms with Crippen LogP contribution < -0.4 is 0 Å². The van der Waals surface area contributed by atoms with Gasteiger partial charge in [0.15, 0.2) is 5.78 Å². The minimum absolute atomic E-state index is 0.108. The molecule has 0 aliphatic carbocycles. The van der Waals surface area contributed by atoms with Gasteiger partial charge in [0, 0.05) is 22.8 Å². The highest BCUT2D eigenvalue weighted by molar-refractivity contribution is 6.30. The molecule has 0 saturated heterocycles. The quantitative estimate of drug-likeness (QED) is 0.784. The molecule has 20 heavy (non-hydrogen) atoms. The molecule has 2 aromatic rings. The molecule has 0 radical (unpaired) electrons. The van der Waals surface area contributed by atoms with Crippen LogP contribution in [0.2, 0.25) is 5.02 Å². The van der Waals surface area contributed by atoms with Gasteiger partial charge in [0.1, 0.15) is 0 Å². The molecule has 0 N–H and O–H groups in total. The Balaban J connectivity index is 2.25. The Labute approximate surface area is 124 Å². The van der Waals surface area contributed by atoms with Gasteiger partial charge in [-0.25, -0.2) is 0 Å². The van der Waals surface area contributed by atoms with Crippen LogP contribution in [0.4, 0.5) is 0 Å². The SMILES string of the molecule is CCc1cc(CC(=O)c2ccc(Cl)cc2C)n(CC)n1. The number of benzene rings is 1. The van der Waals surface area contributed by atoms with E-state index >= 15 is 0 Å². The van der Waals surface area contributed by atoms with E-state index < -0.39 is 0 Å². The van der Waals surface area contributed by atoms with Crippen LogP contribution in [-0.2, 0) is 19.4 Å². The third-order valence-electron chi connectivity index (χ3n) is 3.41. The number of aromatic nitrogens is 2. The van der Waals surface area contributed by atoms with E-state index in [4.69, 9.17) is 11.6 Å². The van der Waals surface area contributed by atoms with Gasteiger partial charge in [-0.05, 0) is 50.1 Å². The van der Waals surface area contributed by atoms with Crippen LogP contribution in [0, 0.1) is 6.92 Å². The number of ketones is 1. The number of halogens is 1. The van der Waals surface area contributed by atoms with E-state index in [-0.39, 0.29) is 5.78 Å². The molecule has 1 aromatic heterocycles. The van der Waals surface area contributed by atoms with E-state index in [9.17, 15) is 4.79 Å². The number of Topliss-reactive ketones (excluding diaryl/α,β-unsaturated/α-hetero) is 1. The largest absolute Gasteiger partial charge is 0.294 e.